The SMILES string of the molecule is CCn1c(-c2ccc(OC)cc2)nn(CC(=O)NCc2cccc(C(F)(F)F)c2)c1=O. The molecule has 0 aliphatic carbocycles. The fourth-order valence-electron chi connectivity index (χ4n) is 3.03. The second-order valence-corrected chi connectivity index (χ2v) is 6.71. The molecule has 0 aliphatic heterocycles. The van der Waals surface area contributed by atoms with Crippen LogP contribution in [-0.4, -0.2) is 27.4 Å². The van der Waals surface area contributed by atoms with E-state index in [4.69, 9.17) is 4.74 Å². The lowest BCUT2D eigenvalue weighted by Crippen LogP contribution is -2.33. The van der Waals surface area contributed by atoms with E-state index in [0.29, 0.717) is 29.2 Å². The molecule has 0 aliphatic rings. The molecule has 0 saturated carbocycles. The fourth-order valence-corrected chi connectivity index (χ4v) is 3.03. The number of carbonyl (C=O) groups excluding carboxylic acids is 1. The fraction of sp³-hybridized carbons (Fsp3) is 0.286. The summed E-state index contributed by atoms with van der Waals surface area (Å²) in [7, 11) is 1.55. The number of hydrogen-bond donors (Lipinski definition) is 1. The predicted molar refractivity (Wildman–Crippen MR) is 107 cm³/mol. The quantitative estimate of drug-likeness (QED) is 0.620. The van der Waals surface area contributed by atoms with E-state index in [2.05, 4.69) is 10.4 Å². The minimum Gasteiger partial charge on any atom is -0.497 e. The molecule has 1 amide bonds. The molecule has 0 radical (unpaired) electrons. The highest BCUT2D eigenvalue weighted by Gasteiger charge is 2.30. The van der Waals surface area contributed by atoms with E-state index in [1.54, 1.807) is 38.3 Å². The van der Waals surface area contributed by atoms with E-state index in [9.17, 15) is 22.8 Å². The predicted octanol–water partition coefficient (Wildman–Crippen LogP) is 3.08. The zero-order valence-electron chi connectivity index (χ0n) is 16.9. The van der Waals surface area contributed by atoms with Crippen LogP contribution in [0.25, 0.3) is 11.4 Å². The molecule has 1 heterocycles. The summed E-state index contributed by atoms with van der Waals surface area (Å²) in [6.45, 7) is 1.69. The molecule has 31 heavy (non-hydrogen) atoms. The Kier molecular flexibility index (Phi) is 6.47. The summed E-state index contributed by atoms with van der Waals surface area (Å²) in [5, 5.41) is 6.79. The molecular formula is C21H21F3N4O3. The molecule has 1 aromatic heterocycles. The van der Waals surface area contributed by atoms with Crippen molar-refractivity contribution in [3.8, 4) is 17.1 Å². The summed E-state index contributed by atoms with van der Waals surface area (Å²) in [6, 6.07) is 11.7. The monoisotopic (exact) mass is 434 g/mol. The van der Waals surface area contributed by atoms with Crippen LogP contribution in [0.15, 0.2) is 53.3 Å². The molecule has 0 bridgehead atoms. The molecule has 0 spiro atoms. The summed E-state index contributed by atoms with van der Waals surface area (Å²) in [4.78, 5) is 24.9. The molecule has 0 saturated heterocycles. The zero-order valence-corrected chi connectivity index (χ0v) is 16.9. The Labute approximate surface area is 176 Å². The van der Waals surface area contributed by atoms with Crippen molar-refractivity contribution in [2.75, 3.05) is 7.11 Å². The third-order valence-corrected chi connectivity index (χ3v) is 4.62. The van der Waals surface area contributed by atoms with Gasteiger partial charge in [0, 0.05) is 18.7 Å². The van der Waals surface area contributed by atoms with Crippen molar-refractivity contribution in [3.05, 3.63) is 70.1 Å². The first kappa shape index (κ1) is 22.1. The van der Waals surface area contributed by atoms with Gasteiger partial charge in [-0.05, 0) is 48.9 Å². The smallest absolute Gasteiger partial charge is 0.416 e. The molecule has 0 atom stereocenters. The average Bonchev–Trinajstić information content (AvgIpc) is 3.07. The maximum atomic E-state index is 12.8. The summed E-state index contributed by atoms with van der Waals surface area (Å²) in [5.74, 6) is 0.518. The Hall–Kier alpha value is -3.56. The first-order chi connectivity index (χ1) is 14.7. The van der Waals surface area contributed by atoms with Gasteiger partial charge in [0.2, 0.25) is 5.91 Å². The number of nitrogens with one attached hydrogen (secondary N) is 1. The normalized spacial score (nSPS) is 11.4. The van der Waals surface area contributed by atoms with E-state index < -0.39 is 23.3 Å². The van der Waals surface area contributed by atoms with Gasteiger partial charge in [-0.15, -0.1) is 5.10 Å². The lowest BCUT2D eigenvalue weighted by Gasteiger charge is -2.09. The first-order valence-corrected chi connectivity index (χ1v) is 9.47. The van der Waals surface area contributed by atoms with Gasteiger partial charge in [0.15, 0.2) is 5.82 Å². The van der Waals surface area contributed by atoms with Crippen LogP contribution < -0.4 is 15.7 Å². The standard InChI is InChI=1S/C21H21F3N4O3/c1-3-27-19(15-7-9-17(31-2)10-8-15)26-28(20(27)30)13-18(29)25-12-14-5-4-6-16(11-14)21(22,23)24/h4-11H,3,12-13H2,1-2H3,(H,25,29). The highest BCUT2D eigenvalue weighted by Crippen LogP contribution is 2.29. The lowest BCUT2D eigenvalue weighted by molar-refractivity contribution is -0.137. The summed E-state index contributed by atoms with van der Waals surface area (Å²) < 4.78 is 46.0. The molecule has 0 unspecified atom stereocenters. The summed E-state index contributed by atoms with van der Waals surface area (Å²) in [6.07, 6.45) is -4.46. The van der Waals surface area contributed by atoms with E-state index in [0.717, 1.165) is 16.8 Å². The Morgan fingerprint density at radius 2 is 1.87 bits per heavy atom. The van der Waals surface area contributed by atoms with Gasteiger partial charge < -0.3 is 10.1 Å². The minimum atomic E-state index is -4.46. The largest absolute Gasteiger partial charge is 0.497 e. The maximum Gasteiger partial charge on any atom is 0.416 e. The molecule has 1 N–H and O–H groups in total. The van der Waals surface area contributed by atoms with Crippen molar-refractivity contribution in [2.24, 2.45) is 0 Å². The molecule has 2 aromatic carbocycles. The van der Waals surface area contributed by atoms with Crippen molar-refractivity contribution < 1.29 is 22.7 Å². The van der Waals surface area contributed by atoms with Crippen LogP contribution in [0.5, 0.6) is 5.75 Å². The number of ether oxygens (including phenoxy) is 1. The average molecular weight is 434 g/mol. The number of alkyl halides is 3. The molecule has 3 rings (SSSR count). The zero-order chi connectivity index (χ0) is 22.6. The number of nitrogens with zero attached hydrogens (tertiary/aromatic N) is 3. The molecule has 0 fully saturated rings. The van der Waals surface area contributed by atoms with Gasteiger partial charge in [0.05, 0.1) is 12.7 Å². The number of carbonyl (C=O) groups is 1. The van der Waals surface area contributed by atoms with E-state index >= 15 is 0 Å². The minimum absolute atomic E-state index is 0.0999. The van der Waals surface area contributed by atoms with E-state index in [1.807, 2.05) is 0 Å². The van der Waals surface area contributed by atoms with Crippen molar-refractivity contribution >= 4 is 5.91 Å². The highest BCUT2D eigenvalue weighted by molar-refractivity contribution is 5.75. The third-order valence-electron chi connectivity index (χ3n) is 4.62. The Morgan fingerprint density at radius 3 is 2.48 bits per heavy atom. The molecule has 10 heteroatoms. The number of halogens is 3. The molecule has 3 aromatic rings. The van der Waals surface area contributed by atoms with Crippen LogP contribution in [0.3, 0.4) is 0 Å². The van der Waals surface area contributed by atoms with Gasteiger partial charge in [-0.3, -0.25) is 9.36 Å². The Bertz CT molecular complexity index is 1120. The van der Waals surface area contributed by atoms with Gasteiger partial charge in [0.1, 0.15) is 12.3 Å². The van der Waals surface area contributed by atoms with Crippen LogP contribution in [0.2, 0.25) is 0 Å². The molecule has 7 nitrogen and oxygen atoms in total. The van der Waals surface area contributed by atoms with Crippen LogP contribution >= 0.6 is 0 Å². The van der Waals surface area contributed by atoms with Crippen molar-refractivity contribution in [1.82, 2.24) is 19.7 Å². The van der Waals surface area contributed by atoms with Crippen LogP contribution in [-0.2, 0) is 30.6 Å². The van der Waals surface area contributed by atoms with Crippen molar-refractivity contribution in [2.45, 2.75) is 32.7 Å². The number of rotatable bonds is 7. The number of methoxy groups -OCH3 is 1. The van der Waals surface area contributed by atoms with Crippen LogP contribution in [0, 0.1) is 0 Å². The van der Waals surface area contributed by atoms with E-state index in [1.165, 1.54) is 16.7 Å². The first-order valence-electron chi connectivity index (χ1n) is 9.47. The van der Waals surface area contributed by atoms with Crippen molar-refractivity contribution in [3.63, 3.8) is 0 Å². The van der Waals surface area contributed by atoms with E-state index in [-0.39, 0.29) is 13.1 Å². The molecular weight excluding hydrogens is 413 g/mol. The van der Waals surface area contributed by atoms with Gasteiger partial charge >= 0.3 is 11.9 Å². The Morgan fingerprint density at radius 1 is 1.16 bits per heavy atom. The number of amides is 1. The van der Waals surface area contributed by atoms with Gasteiger partial charge in [-0.2, -0.15) is 13.2 Å². The molecule has 164 valence electrons. The van der Waals surface area contributed by atoms with Crippen molar-refractivity contribution in [1.29, 1.82) is 0 Å². The van der Waals surface area contributed by atoms with Crippen LogP contribution in [0.4, 0.5) is 13.2 Å². The second-order valence-electron chi connectivity index (χ2n) is 6.71. The van der Waals surface area contributed by atoms with Crippen LogP contribution in [0.1, 0.15) is 18.1 Å². The Balaban J connectivity index is 1.73. The topological polar surface area (TPSA) is 78.2 Å². The third kappa shape index (κ3) is 5.14. The summed E-state index contributed by atoms with van der Waals surface area (Å²) >= 11 is 0. The van der Waals surface area contributed by atoms with Gasteiger partial charge in [0.25, 0.3) is 0 Å². The highest BCUT2D eigenvalue weighted by atomic mass is 19.4. The number of benzene rings is 2. The summed E-state index contributed by atoms with van der Waals surface area (Å²) in [5.41, 5.74) is -0.264. The lowest BCUT2D eigenvalue weighted by atomic mass is 10.1. The number of hydrogen-bond acceptors (Lipinski definition) is 4. The van der Waals surface area contributed by atoms with Gasteiger partial charge in [-0.25, -0.2) is 9.48 Å². The second kappa shape index (κ2) is 9.07. The van der Waals surface area contributed by atoms with Gasteiger partial charge in [-0.1, -0.05) is 12.1 Å². The number of aromatic nitrogens is 3. The maximum absolute atomic E-state index is 12.8.